The molecule has 0 unspecified atom stereocenters. The summed E-state index contributed by atoms with van der Waals surface area (Å²) in [6.45, 7) is 19.1. The van der Waals surface area contributed by atoms with E-state index in [1.165, 1.54) is 12.1 Å². The van der Waals surface area contributed by atoms with Crippen molar-refractivity contribution in [1.82, 2.24) is 9.55 Å². The molecule has 5 heteroatoms. The minimum Gasteiger partial charge on any atom is -0.493 e. The number of para-hydroxylation sites is 4. The molecule has 0 saturated heterocycles. The summed E-state index contributed by atoms with van der Waals surface area (Å²) in [6, 6.07) is 33.2. The maximum absolute atomic E-state index is 9.14. The molecule has 0 bridgehead atoms. The van der Waals surface area contributed by atoms with E-state index < -0.39 is 65.8 Å². The first-order valence-electron chi connectivity index (χ1n) is 26.6. The van der Waals surface area contributed by atoms with Crippen LogP contribution in [0.25, 0.3) is 49.9 Å². The van der Waals surface area contributed by atoms with Gasteiger partial charge in [0.05, 0.1) is 15.1 Å². The molecule has 3 heterocycles. The summed E-state index contributed by atoms with van der Waals surface area (Å²) in [5.74, 6) is 0.799. The van der Waals surface area contributed by atoms with Crippen LogP contribution in [-0.4, -0.2) is 9.55 Å². The predicted molar refractivity (Wildman–Crippen MR) is 265 cm³/mol. The second kappa shape index (κ2) is 16.4. The zero-order valence-electron chi connectivity index (χ0n) is 48.0. The smallest absolute Gasteiger partial charge is 0.135 e. The molecule has 0 N–H and O–H groups in total. The van der Waals surface area contributed by atoms with Gasteiger partial charge in [-0.05, 0) is 68.7 Å². The van der Waals surface area contributed by atoms with E-state index in [-0.39, 0.29) is 65.9 Å². The monoisotopic (exact) mass is 1020 g/mol. The van der Waals surface area contributed by atoms with Crippen LogP contribution in [0.15, 0.2) is 170 Å². The Balaban J connectivity index is 0.00000689. The van der Waals surface area contributed by atoms with Crippen LogP contribution in [0.2, 0.25) is 0 Å². The van der Waals surface area contributed by atoms with Crippen LogP contribution < -0.4 is 9.80 Å². The molecule has 0 saturated carbocycles. The second-order valence-electron chi connectivity index (χ2n) is 18.7. The summed E-state index contributed by atoms with van der Waals surface area (Å²) in [4.78, 5) is 8.60. The Hall–Kier alpha value is -6.22. The Morgan fingerprint density at radius 2 is 1.17 bits per heavy atom. The summed E-state index contributed by atoms with van der Waals surface area (Å²) in [7, 11) is 0. The van der Waals surface area contributed by atoms with E-state index in [0.717, 1.165) is 49.9 Å². The summed E-state index contributed by atoms with van der Waals surface area (Å²) in [5.41, 5.74) is 6.38. The molecule has 1 aliphatic heterocycles. The van der Waals surface area contributed by atoms with E-state index in [0.29, 0.717) is 17.1 Å². The Morgan fingerprint density at radius 1 is 0.562 bits per heavy atom. The van der Waals surface area contributed by atoms with E-state index in [2.05, 4.69) is 121 Å². The molecule has 0 spiro atoms. The molecular formula is C59H53N4Pt-3. The van der Waals surface area contributed by atoms with Gasteiger partial charge in [-0.25, -0.2) is 4.98 Å². The largest absolute Gasteiger partial charge is 0.493 e. The van der Waals surface area contributed by atoms with Crippen molar-refractivity contribution in [2.45, 2.75) is 71.6 Å². The van der Waals surface area contributed by atoms with E-state index in [9.17, 15) is 0 Å². The van der Waals surface area contributed by atoms with Crippen molar-refractivity contribution in [3.8, 4) is 28.1 Å². The fourth-order valence-corrected chi connectivity index (χ4v) is 8.48. The zero-order chi connectivity index (χ0) is 53.2. The van der Waals surface area contributed by atoms with E-state index >= 15 is 0 Å². The maximum atomic E-state index is 9.14. The molecule has 0 atom stereocenters. The van der Waals surface area contributed by atoms with Crippen LogP contribution in [0.5, 0.6) is 0 Å². The Labute approximate surface area is 409 Å². The van der Waals surface area contributed by atoms with Gasteiger partial charge in [0.1, 0.15) is 5.82 Å². The van der Waals surface area contributed by atoms with Crippen LogP contribution in [0.3, 0.4) is 0 Å². The number of nitrogens with zero attached hydrogens (tertiary/aromatic N) is 4. The molecule has 0 fully saturated rings. The van der Waals surface area contributed by atoms with Crippen LogP contribution in [0, 0.1) is 18.8 Å². The number of aromatic nitrogens is 2. The predicted octanol–water partition coefficient (Wildman–Crippen LogP) is 15.4. The van der Waals surface area contributed by atoms with Gasteiger partial charge in [-0.2, -0.15) is 47.0 Å². The summed E-state index contributed by atoms with van der Waals surface area (Å²) >= 11 is 0. The third-order valence-corrected chi connectivity index (χ3v) is 12.1. The Bertz CT molecular complexity index is 3670. The van der Waals surface area contributed by atoms with Gasteiger partial charge in [0, 0.05) is 61.0 Å². The topological polar surface area (TPSA) is 24.3 Å². The molecule has 1 aliphatic rings. The van der Waals surface area contributed by atoms with E-state index in [1.54, 1.807) is 11.6 Å². The summed E-state index contributed by atoms with van der Waals surface area (Å²) in [5, 5.41) is 2.13. The van der Waals surface area contributed by atoms with Gasteiger partial charge >= 0.3 is 0 Å². The number of anilines is 4. The number of benzene rings is 7. The number of hydrogen-bond acceptors (Lipinski definition) is 3. The molecule has 0 amide bonds. The van der Waals surface area contributed by atoms with Gasteiger partial charge in [0.25, 0.3) is 0 Å². The summed E-state index contributed by atoms with van der Waals surface area (Å²) in [6.07, 6.45) is 1.87. The molecular weight excluding hydrogens is 960 g/mol. The SMILES string of the molecule is [2H]c1cc(-c2c([2H])c([2H])c([2H])c([2H])c2[2H])c(N2[CH-]N(c3[c-]c(C(C)(C)c4[c-]c5c(cc4)c4ccccc4n5-c4cc(C(C)(C)C)ccn4)cc(C(C)(C)C)c3)c3ccccc32)c(-c2c([2H])c([2H])c([2H])c([2H])c2[2H])c1.[Pt]. The first-order chi connectivity index (χ1) is 34.8. The van der Waals surface area contributed by atoms with Crippen molar-refractivity contribution in [1.29, 1.82) is 0 Å². The van der Waals surface area contributed by atoms with Gasteiger partial charge < -0.3 is 14.4 Å². The van der Waals surface area contributed by atoms with Gasteiger partial charge in [-0.15, -0.1) is 23.8 Å². The fourth-order valence-electron chi connectivity index (χ4n) is 8.48. The van der Waals surface area contributed by atoms with Crippen LogP contribution in [0.4, 0.5) is 22.7 Å². The molecule has 0 radical (unpaired) electrons. The van der Waals surface area contributed by atoms with Crippen molar-refractivity contribution in [2.24, 2.45) is 0 Å². The Morgan fingerprint density at radius 3 is 1.81 bits per heavy atom. The van der Waals surface area contributed by atoms with Crippen molar-refractivity contribution < 1.29 is 36.1 Å². The minimum atomic E-state index is -0.697. The number of pyridine rings is 1. The minimum absolute atomic E-state index is 0. The van der Waals surface area contributed by atoms with Gasteiger partial charge in [-0.3, -0.25) is 0 Å². The number of rotatable bonds is 7. The zero-order valence-corrected chi connectivity index (χ0v) is 39.3. The second-order valence-corrected chi connectivity index (χ2v) is 18.7. The third-order valence-electron chi connectivity index (χ3n) is 12.1. The standard InChI is InChI=1S/C59H53N4.Pt/c1-57(2,3)42-32-33-60-55(38-42)63-51-27-16-15-24-49(51)50-31-30-43(37-54(50)63)59(7,8)45-34-44(58(4,5)6)35-46(36-45)61-39-62(53-29-18-17-28-52(53)61)56-47(40-20-11-9-12-21-40)25-19-26-48(56)41-22-13-10-14-23-41;/h9-35,38-39H,1-8H3;/q-3;/i9D,10D,11D,12D,13D,14D,19D,20D,21D,22D,23D;. The average Bonchev–Trinajstić information content (AvgIpc) is 3.94. The van der Waals surface area contributed by atoms with E-state index in [4.69, 9.17) is 20.1 Å². The first-order valence-corrected chi connectivity index (χ1v) is 21.1. The van der Waals surface area contributed by atoms with Gasteiger partial charge in [0.2, 0.25) is 0 Å². The van der Waals surface area contributed by atoms with Crippen LogP contribution >= 0.6 is 0 Å². The maximum Gasteiger partial charge on any atom is 0.135 e. The molecule has 322 valence electrons. The van der Waals surface area contributed by atoms with Crippen molar-refractivity contribution >= 4 is 44.6 Å². The number of hydrogen-bond donors (Lipinski definition) is 0. The third kappa shape index (κ3) is 7.56. The molecule has 4 nitrogen and oxygen atoms in total. The van der Waals surface area contributed by atoms with Crippen molar-refractivity contribution in [2.75, 3.05) is 9.80 Å². The molecule has 0 aliphatic carbocycles. The molecule has 9 aromatic rings. The van der Waals surface area contributed by atoms with Crippen LogP contribution in [0.1, 0.15) is 92.7 Å². The number of fused-ring (bicyclic) bond motifs is 4. The van der Waals surface area contributed by atoms with Gasteiger partial charge in [-0.1, -0.05) is 170 Å². The van der Waals surface area contributed by atoms with Crippen molar-refractivity contribution in [3.05, 3.63) is 211 Å². The Kier molecular flexibility index (Phi) is 8.10. The van der Waals surface area contributed by atoms with Crippen LogP contribution in [-0.2, 0) is 37.3 Å². The molecule has 7 aromatic carbocycles. The van der Waals surface area contributed by atoms with Gasteiger partial charge in [0.15, 0.2) is 0 Å². The molecule has 64 heavy (non-hydrogen) atoms. The molecule has 10 rings (SSSR count). The molecule has 2 aromatic heterocycles. The first kappa shape index (κ1) is 31.6. The summed E-state index contributed by atoms with van der Waals surface area (Å²) < 4.78 is 99.3. The van der Waals surface area contributed by atoms with Crippen molar-refractivity contribution in [3.63, 3.8) is 0 Å². The quantitative estimate of drug-likeness (QED) is 0.149. The normalized spacial score (nSPS) is 15.5. The van der Waals surface area contributed by atoms with E-state index in [1.807, 2.05) is 47.5 Å². The average molecular weight is 1020 g/mol. The fraction of sp³-hybridized carbons (Fsp3) is 0.186.